The Morgan fingerprint density at radius 2 is 2.00 bits per heavy atom. The molecule has 14 heavy (non-hydrogen) atoms. The quantitative estimate of drug-likeness (QED) is 0.780. The van der Waals surface area contributed by atoms with Gasteiger partial charge in [0.15, 0.2) is 5.65 Å². The minimum Gasteiger partial charge on any atom is -0.465 e. The van der Waals surface area contributed by atoms with Crippen molar-refractivity contribution in [1.82, 2.24) is 19.9 Å². The van der Waals surface area contributed by atoms with E-state index in [4.69, 9.17) is 4.74 Å². The van der Waals surface area contributed by atoms with E-state index < -0.39 is 0 Å². The lowest BCUT2D eigenvalue weighted by Gasteiger charge is -1.94. The molecule has 0 radical (unpaired) electrons. The van der Waals surface area contributed by atoms with Gasteiger partial charge in [0.1, 0.15) is 11.3 Å². The second kappa shape index (κ2) is 3.25. The first kappa shape index (κ1) is 8.93. The molecule has 74 valence electrons. The molecule has 5 heteroatoms. The highest BCUT2D eigenvalue weighted by Crippen LogP contribution is 2.16. The van der Waals surface area contributed by atoms with Crippen LogP contribution in [-0.2, 0) is 0 Å². The van der Waals surface area contributed by atoms with E-state index in [9.17, 15) is 0 Å². The van der Waals surface area contributed by atoms with Crippen molar-refractivity contribution < 1.29 is 4.74 Å². The first-order chi connectivity index (χ1) is 6.70. The Morgan fingerprint density at radius 3 is 2.71 bits per heavy atom. The van der Waals surface area contributed by atoms with Crippen LogP contribution in [0.15, 0.2) is 0 Å². The van der Waals surface area contributed by atoms with Crippen LogP contribution in [0.4, 0.5) is 0 Å². The summed E-state index contributed by atoms with van der Waals surface area (Å²) in [4.78, 5) is 15.7. The smallest absolute Gasteiger partial charge is 0.296 e. The van der Waals surface area contributed by atoms with Crippen LogP contribution in [0.1, 0.15) is 18.4 Å². The van der Waals surface area contributed by atoms with Crippen molar-refractivity contribution in [3.05, 3.63) is 11.5 Å². The van der Waals surface area contributed by atoms with Crippen molar-refractivity contribution in [2.45, 2.75) is 20.8 Å². The van der Waals surface area contributed by atoms with Gasteiger partial charge in [-0.05, 0) is 20.8 Å². The van der Waals surface area contributed by atoms with Gasteiger partial charge in [-0.2, -0.15) is 4.98 Å². The van der Waals surface area contributed by atoms with E-state index in [2.05, 4.69) is 19.9 Å². The Labute approximate surface area is 81.6 Å². The van der Waals surface area contributed by atoms with E-state index in [1.807, 2.05) is 20.8 Å². The topological polar surface area (TPSA) is 63.7 Å². The fourth-order valence-corrected chi connectivity index (χ4v) is 1.36. The van der Waals surface area contributed by atoms with Crippen LogP contribution < -0.4 is 4.74 Å². The number of aryl methyl sites for hydroxylation is 2. The molecule has 0 saturated carbocycles. The van der Waals surface area contributed by atoms with E-state index in [-0.39, 0.29) is 0 Å². The minimum atomic E-state index is 0.505. The molecule has 2 aromatic rings. The highest BCUT2D eigenvalue weighted by atomic mass is 16.5. The molecule has 0 aromatic carbocycles. The van der Waals surface area contributed by atoms with Crippen molar-refractivity contribution in [1.29, 1.82) is 0 Å². The maximum absolute atomic E-state index is 5.25. The van der Waals surface area contributed by atoms with Crippen LogP contribution in [0.3, 0.4) is 0 Å². The summed E-state index contributed by atoms with van der Waals surface area (Å²) in [6.07, 6.45) is 0. The van der Waals surface area contributed by atoms with Crippen LogP contribution >= 0.6 is 0 Å². The number of H-pyrrole nitrogens is 1. The minimum absolute atomic E-state index is 0.505. The lowest BCUT2D eigenvalue weighted by atomic mass is 10.4. The summed E-state index contributed by atoms with van der Waals surface area (Å²) in [7, 11) is 0. The summed E-state index contributed by atoms with van der Waals surface area (Å²) < 4.78 is 5.25. The second-order valence-corrected chi connectivity index (χ2v) is 3.03. The molecule has 0 saturated heterocycles. The van der Waals surface area contributed by atoms with E-state index in [0.717, 1.165) is 17.0 Å². The third-order valence-corrected chi connectivity index (χ3v) is 1.90. The van der Waals surface area contributed by atoms with Gasteiger partial charge in [-0.15, -0.1) is 0 Å². The molecule has 2 rings (SSSR count). The summed E-state index contributed by atoms with van der Waals surface area (Å²) in [5.74, 6) is 0.726. The number of imidazole rings is 1. The SMILES string of the molecule is CCOc1nc2nc(C)nc(C)c2[nH]1. The lowest BCUT2D eigenvalue weighted by molar-refractivity contribution is 0.317. The van der Waals surface area contributed by atoms with Crippen LogP contribution in [0, 0.1) is 13.8 Å². The van der Waals surface area contributed by atoms with Gasteiger partial charge < -0.3 is 9.72 Å². The van der Waals surface area contributed by atoms with Crippen LogP contribution in [0.2, 0.25) is 0 Å². The average molecular weight is 192 g/mol. The molecule has 0 bridgehead atoms. The van der Waals surface area contributed by atoms with Gasteiger partial charge >= 0.3 is 0 Å². The summed E-state index contributed by atoms with van der Waals surface area (Å²) in [6.45, 7) is 6.27. The van der Waals surface area contributed by atoms with Gasteiger partial charge in [0, 0.05) is 0 Å². The molecule has 0 aliphatic rings. The van der Waals surface area contributed by atoms with E-state index >= 15 is 0 Å². The molecular formula is C9H12N4O. The Bertz CT molecular complexity index is 463. The predicted octanol–water partition coefficient (Wildman–Crippen LogP) is 1.37. The zero-order chi connectivity index (χ0) is 10.1. The van der Waals surface area contributed by atoms with E-state index in [0.29, 0.717) is 18.3 Å². The average Bonchev–Trinajstić information content (AvgIpc) is 2.48. The number of ether oxygens (including phenoxy) is 1. The summed E-state index contributed by atoms with van der Waals surface area (Å²) >= 11 is 0. The number of hydrogen-bond acceptors (Lipinski definition) is 4. The number of aromatic nitrogens is 4. The first-order valence-corrected chi connectivity index (χ1v) is 4.54. The lowest BCUT2D eigenvalue weighted by Crippen LogP contribution is -1.92. The zero-order valence-corrected chi connectivity index (χ0v) is 8.46. The molecule has 2 heterocycles. The number of nitrogens with one attached hydrogen (secondary N) is 1. The van der Waals surface area contributed by atoms with Gasteiger partial charge in [0.2, 0.25) is 0 Å². The van der Waals surface area contributed by atoms with Crippen molar-refractivity contribution in [2.24, 2.45) is 0 Å². The van der Waals surface area contributed by atoms with Crippen LogP contribution in [0.5, 0.6) is 6.01 Å². The fraction of sp³-hybridized carbons (Fsp3) is 0.444. The third kappa shape index (κ3) is 1.41. The standard InChI is InChI=1S/C9H12N4O/c1-4-14-9-12-7-5(2)10-6(3)11-8(7)13-9/h4H2,1-3H3,(H,10,11,12,13). The Kier molecular flexibility index (Phi) is 2.07. The molecule has 0 spiro atoms. The fourth-order valence-electron chi connectivity index (χ4n) is 1.36. The highest BCUT2D eigenvalue weighted by molar-refractivity contribution is 5.73. The summed E-state index contributed by atoms with van der Waals surface area (Å²) in [6, 6.07) is 0.505. The number of hydrogen-bond donors (Lipinski definition) is 1. The second-order valence-electron chi connectivity index (χ2n) is 3.03. The maximum atomic E-state index is 5.25. The largest absolute Gasteiger partial charge is 0.465 e. The number of aromatic amines is 1. The molecule has 0 atom stereocenters. The molecule has 0 unspecified atom stereocenters. The molecule has 0 aliphatic carbocycles. The number of rotatable bonds is 2. The van der Waals surface area contributed by atoms with Crippen molar-refractivity contribution >= 4 is 11.2 Å². The van der Waals surface area contributed by atoms with Crippen LogP contribution in [-0.4, -0.2) is 26.5 Å². The Balaban J connectivity index is 2.58. The van der Waals surface area contributed by atoms with Crippen molar-refractivity contribution in [2.75, 3.05) is 6.61 Å². The monoisotopic (exact) mass is 192 g/mol. The van der Waals surface area contributed by atoms with Gasteiger partial charge in [0.05, 0.1) is 12.3 Å². The first-order valence-electron chi connectivity index (χ1n) is 4.54. The highest BCUT2D eigenvalue weighted by Gasteiger charge is 2.08. The van der Waals surface area contributed by atoms with Gasteiger partial charge in [-0.1, -0.05) is 0 Å². The molecule has 1 N–H and O–H groups in total. The molecule has 0 aliphatic heterocycles. The Morgan fingerprint density at radius 1 is 1.21 bits per heavy atom. The third-order valence-electron chi connectivity index (χ3n) is 1.90. The van der Waals surface area contributed by atoms with E-state index in [1.165, 1.54) is 0 Å². The molecular weight excluding hydrogens is 180 g/mol. The van der Waals surface area contributed by atoms with Gasteiger partial charge in [-0.25, -0.2) is 9.97 Å². The van der Waals surface area contributed by atoms with Crippen LogP contribution in [0.25, 0.3) is 11.2 Å². The Hall–Kier alpha value is -1.65. The van der Waals surface area contributed by atoms with E-state index in [1.54, 1.807) is 0 Å². The molecule has 0 amide bonds. The van der Waals surface area contributed by atoms with Gasteiger partial charge in [-0.3, -0.25) is 0 Å². The number of nitrogens with zero attached hydrogens (tertiary/aromatic N) is 3. The number of fused-ring (bicyclic) bond motifs is 1. The molecule has 5 nitrogen and oxygen atoms in total. The van der Waals surface area contributed by atoms with Gasteiger partial charge in [0.25, 0.3) is 6.01 Å². The normalized spacial score (nSPS) is 10.8. The zero-order valence-electron chi connectivity index (χ0n) is 8.46. The predicted molar refractivity (Wildman–Crippen MR) is 52.3 cm³/mol. The van der Waals surface area contributed by atoms with Crippen molar-refractivity contribution in [3.63, 3.8) is 0 Å². The molecule has 0 fully saturated rings. The van der Waals surface area contributed by atoms with Crippen molar-refractivity contribution in [3.8, 4) is 6.01 Å². The summed E-state index contributed by atoms with van der Waals surface area (Å²) in [5, 5.41) is 0. The maximum Gasteiger partial charge on any atom is 0.296 e. The molecule has 2 aromatic heterocycles. The summed E-state index contributed by atoms with van der Waals surface area (Å²) in [5.41, 5.74) is 2.41.